The van der Waals surface area contributed by atoms with Gasteiger partial charge in [-0.2, -0.15) is 0 Å². The Kier molecular flexibility index (Phi) is 3.62. The molecule has 1 aromatic rings. The minimum absolute atomic E-state index is 0.0773. The van der Waals surface area contributed by atoms with Gasteiger partial charge in [0.2, 0.25) is 0 Å². The highest BCUT2D eigenvalue weighted by atomic mass is 16.3. The normalized spacial score (nSPS) is 25.3. The molecular weight excluding hydrogens is 204 g/mol. The van der Waals surface area contributed by atoms with Crippen LogP contribution in [-0.2, 0) is 0 Å². The van der Waals surface area contributed by atoms with Crippen molar-refractivity contribution in [1.82, 2.24) is 5.32 Å². The minimum atomic E-state index is -0.0773. The Labute approximate surface area is 95.2 Å². The van der Waals surface area contributed by atoms with Crippen LogP contribution in [0, 0.1) is 5.92 Å². The molecule has 4 nitrogen and oxygen atoms in total. The number of amides is 1. The molecule has 4 heteroatoms. The number of carbonyl (C=O) groups is 1. The summed E-state index contributed by atoms with van der Waals surface area (Å²) in [5.74, 6) is 0.344. The lowest BCUT2D eigenvalue weighted by Crippen LogP contribution is -2.41. The summed E-state index contributed by atoms with van der Waals surface area (Å²) in [5.41, 5.74) is 6.59. The van der Waals surface area contributed by atoms with E-state index in [2.05, 4.69) is 5.32 Å². The first kappa shape index (κ1) is 11.2. The molecule has 3 N–H and O–H groups in total. The lowest BCUT2D eigenvalue weighted by atomic mass is 9.85. The molecule has 2 unspecified atom stereocenters. The van der Waals surface area contributed by atoms with Crippen LogP contribution in [0.2, 0.25) is 0 Å². The molecule has 88 valence electrons. The van der Waals surface area contributed by atoms with Crippen molar-refractivity contribution >= 4 is 5.91 Å². The van der Waals surface area contributed by atoms with E-state index in [1.54, 1.807) is 6.07 Å². The van der Waals surface area contributed by atoms with E-state index in [4.69, 9.17) is 10.2 Å². The van der Waals surface area contributed by atoms with Gasteiger partial charge in [-0.25, -0.2) is 0 Å². The summed E-state index contributed by atoms with van der Waals surface area (Å²) in [6.45, 7) is 0.672. The van der Waals surface area contributed by atoms with Crippen LogP contribution in [0.25, 0.3) is 0 Å². The van der Waals surface area contributed by atoms with Crippen molar-refractivity contribution in [2.45, 2.75) is 31.7 Å². The average molecular weight is 222 g/mol. The van der Waals surface area contributed by atoms with Gasteiger partial charge in [0.25, 0.3) is 5.91 Å². The van der Waals surface area contributed by atoms with Crippen LogP contribution in [0.1, 0.15) is 36.0 Å². The number of carbonyl (C=O) groups excluding carboxylic acids is 1. The highest BCUT2D eigenvalue weighted by Crippen LogP contribution is 2.22. The van der Waals surface area contributed by atoms with Gasteiger partial charge < -0.3 is 15.5 Å². The molecule has 0 bridgehead atoms. The van der Waals surface area contributed by atoms with Gasteiger partial charge in [-0.15, -0.1) is 0 Å². The fraction of sp³-hybridized carbons (Fsp3) is 0.583. The Morgan fingerprint density at radius 2 is 2.31 bits per heavy atom. The minimum Gasteiger partial charge on any atom is -0.472 e. The van der Waals surface area contributed by atoms with Crippen LogP contribution in [-0.4, -0.2) is 18.5 Å². The molecule has 1 saturated carbocycles. The standard InChI is InChI=1S/C12H18N2O2/c13-11-4-2-1-3-9(11)7-14-12(15)10-5-6-16-8-10/h5-6,8-9,11H,1-4,7,13H2,(H,14,15). The molecule has 0 aromatic carbocycles. The third-order valence-corrected chi connectivity index (χ3v) is 3.28. The molecule has 2 rings (SSSR count). The molecule has 2 atom stereocenters. The van der Waals surface area contributed by atoms with Crippen molar-refractivity contribution in [2.75, 3.05) is 6.54 Å². The van der Waals surface area contributed by atoms with Crippen LogP contribution in [0.3, 0.4) is 0 Å². The van der Waals surface area contributed by atoms with Gasteiger partial charge in [-0.05, 0) is 24.8 Å². The molecule has 1 aliphatic carbocycles. The maximum absolute atomic E-state index is 11.6. The number of hydrogen-bond acceptors (Lipinski definition) is 3. The Hall–Kier alpha value is -1.29. The van der Waals surface area contributed by atoms with E-state index < -0.39 is 0 Å². The maximum atomic E-state index is 11.6. The summed E-state index contributed by atoms with van der Waals surface area (Å²) < 4.78 is 4.86. The van der Waals surface area contributed by atoms with E-state index in [0.717, 1.165) is 12.8 Å². The molecule has 1 aliphatic rings. The van der Waals surface area contributed by atoms with Gasteiger partial charge >= 0.3 is 0 Å². The molecule has 0 saturated heterocycles. The smallest absolute Gasteiger partial charge is 0.254 e. The quantitative estimate of drug-likeness (QED) is 0.814. The third kappa shape index (κ3) is 2.64. The Balaban J connectivity index is 1.80. The van der Waals surface area contributed by atoms with Gasteiger partial charge in [-0.1, -0.05) is 12.8 Å². The zero-order valence-electron chi connectivity index (χ0n) is 9.32. The molecule has 1 fully saturated rings. The SMILES string of the molecule is NC1CCCCC1CNC(=O)c1ccoc1. The van der Waals surface area contributed by atoms with E-state index in [9.17, 15) is 4.79 Å². The molecular formula is C12H18N2O2. The lowest BCUT2D eigenvalue weighted by molar-refractivity contribution is 0.0941. The van der Waals surface area contributed by atoms with Crippen LogP contribution in [0.4, 0.5) is 0 Å². The van der Waals surface area contributed by atoms with Crippen molar-refractivity contribution in [1.29, 1.82) is 0 Å². The monoisotopic (exact) mass is 222 g/mol. The van der Waals surface area contributed by atoms with Crippen molar-refractivity contribution in [3.05, 3.63) is 24.2 Å². The first-order chi connectivity index (χ1) is 7.77. The van der Waals surface area contributed by atoms with Crippen molar-refractivity contribution < 1.29 is 9.21 Å². The van der Waals surface area contributed by atoms with Crippen LogP contribution < -0.4 is 11.1 Å². The highest BCUT2D eigenvalue weighted by Gasteiger charge is 2.22. The van der Waals surface area contributed by atoms with E-state index in [1.165, 1.54) is 25.4 Å². The average Bonchev–Trinajstić information content (AvgIpc) is 2.81. The zero-order chi connectivity index (χ0) is 11.4. The summed E-state index contributed by atoms with van der Waals surface area (Å²) in [5, 5.41) is 2.91. The summed E-state index contributed by atoms with van der Waals surface area (Å²) >= 11 is 0. The second-order valence-corrected chi connectivity index (χ2v) is 4.43. The molecule has 1 aromatic heterocycles. The third-order valence-electron chi connectivity index (χ3n) is 3.28. The topological polar surface area (TPSA) is 68.3 Å². The predicted molar refractivity (Wildman–Crippen MR) is 61.0 cm³/mol. The zero-order valence-corrected chi connectivity index (χ0v) is 9.32. The fourth-order valence-electron chi connectivity index (χ4n) is 2.21. The second kappa shape index (κ2) is 5.16. The first-order valence-corrected chi connectivity index (χ1v) is 5.83. The van der Waals surface area contributed by atoms with Crippen molar-refractivity contribution in [2.24, 2.45) is 11.7 Å². The van der Waals surface area contributed by atoms with E-state index >= 15 is 0 Å². The van der Waals surface area contributed by atoms with Crippen LogP contribution in [0.5, 0.6) is 0 Å². The largest absolute Gasteiger partial charge is 0.472 e. The summed E-state index contributed by atoms with van der Waals surface area (Å²) in [7, 11) is 0. The van der Waals surface area contributed by atoms with Gasteiger partial charge in [-0.3, -0.25) is 4.79 Å². The van der Waals surface area contributed by atoms with E-state index in [1.807, 2.05) is 0 Å². The summed E-state index contributed by atoms with van der Waals surface area (Å²) in [6.07, 6.45) is 7.59. The summed E-state index contributed by atoms with van der Waals surface area (Å²) in [4.78, 5) is 11.6. The predicted octanol–water partition coefficient (Wildman–Crippen LogP) is 1.53. The van der Waals surface area contributed by atoms with Crippen LogP contribution >= 0.6 is 0 Å². The highest BCUT2D eigenvalue weighted by molar-refractivity contribution is 5.93. The molecule has 0 radical (unpaired) electrons. The molecule has 0 aliphatic heterocycles. The maximum Gasteiger partial charge on any atom is 0.254 e. The fourth-order valence-corrected chi connectivity index (χ4v) is 2.21. The molecule has 1 amide bonds. The lowest BCUT2D eigenvalue weighted by Gasteiger charge is -2.28. The van der Waals surface area contributed by atoms with Gasteiger partial charge in [0, 0.05) is 12.6 Å². The van der Waals surface area contributed by atoms with Gasteiger partial charge in [0.1, 0.15) is 6.26 Å². The Morgan fingerprint density at radius 1 is 1.50 bits per heavy atom. The van der Waals surface area contributed by atoms with Gasteiger partial charge in [0.15, 0.2) is 0 Å². The van der Waals surface area contributed by atoms with Crippen molar-refractivity contribution in [3.63, 3.8) is 0 Å². The summed E-state index contributed by atoms with van der Waals surface area (Å²) in [6, 6.07) is 1.90. The van der Waals surface area contributed by atoms with Gasteiger partial charge in [0.05, 0.1) is 11.8 Å². The number of nitrogens with two attached hydrogens (primary N) is 1. The molecule has 1 heterocycles. The second-order valence-electron chi connectivity index (χ2n) is 4.43. The first-order valence-electron chi connectivity index (χ1n) is 5.83. The Bertz CT molecular complexity index is 335. The number of hydrogen-bond donors (Lipinski definition) is 2. The molecule has 0 spiro atoms. The molecule has 16 heavy (non-hydrogen) atoms. The number of rotatable bonds is 3. The number of furan rings is 1. The van der Waals surface area contributed by atoms with E-state index in [0.29, 0.717) is 18.0 Å². The number of nitrogens with one attached hydrogen (secondary N) is 1. The van der Waals surface area contributed by atoms with Crippen LogP contribution in [0.15, 0.2) is 23.0 Å². The van der Waals surface area contributed by atoms with E-state index in [-0.39, 0.29) is 11.9 Å². The van der Waals surface area contributed by atoms with Crippen molar-refractivity contribution in [3.8, 4) is 0 Å². The Morgan fingerprint density at radius 3 is 3.00 bits per heavy atom.